The van der Waals surface area contributed by atoms with Crippen molar-refractivity contribution < 1.29 is 14.3 Å². The predicted molar refractivity (Wildman–Crippen MR) is 100 cm³/mol. The summed E-state index contributed by atoms with van der Waals surface area (Å²) >= 11 is 1.50. The molecule has 1 aliphatic heterocycles. The number of carbonyl (C=O) groups is 1. The van der Waals surface area contributed by atoms with Gasteiger partial charge < -0.3 is 9.47 Å². The van der Waals surface area contributed by atoms with Crippen molar-refractivity contribution in [3.05, 3.63) is 45.4 Å². The van der Waals surface area contributed by atoms with Gasteiger partial charge in [0.05, 0.1) is 17.3 Å². The number of nitrogens with one attached hydrogen (secondary N) is 2. The van der Waals surface area contributed by atoms with E-state index in [1.165, 1.54) is 11.3 Å². The lowest BCUT2D eigenvalue weighted by molar-refractivity contribution is 0.0801. The largest absolute Gasteiger partial charge is 0.493 e. The highest BCUT2D eigenvalue weighted by Gasteiger charge is 2.25. The molecule has 0 bridgehead atoms. The number of rotatable bonds is 6. The molecule has 8 heteroatoms. The SMILES string of the molecule is Cc1nc(C)c(C2=NNC(NC(=O)c3ccc(OCC(C)C)cc3)O2)s1. The molecule has 0 saturated heterocycles. The highest BCUT2D eigenvalue weighted by molar-refractivity contribution is 7.13. The van der Waals surface area contributed by atoms with Crippen LogP contribution < -0.4 is 15.5 Å². The highest BCUT2D eigenvalue weighted by atomic mass is 32.1. The summed E-state index contributed by atoms with van der Waals surface area (Å²) in [5.74, 6) is 1.37. The number of hydrogen-bond acceptors (Lipinski definition) is 7. The van der Waals surface area contributed by atoms with Crippen LogP contribution in [0.2, 0.25) is 0 Å². The molecule has 0 spiro atoms. The summed E-state index contributed by atoms with van der Waals surface area (Å²) in [6, 6.07) is 7.01. The van der Waals surface area contributed by atoms with Crippen LogP contribution in [-0.4, -0.2) is 29.7 Å². The van der Waals surface area contributed by atoms with Crippen molar-refractivity contribution in [1.82, 2.24) is 15.7 Å². The lowest BCUT2D eigenvalue weighted by Crippen LogP contribution is -2.42. The molecule has 0 aliphatic carbocycles. The first kappa shape index (κ1) is 18.2. The van der Waals surface area contributed by atoms with E-state index < -0.39 is 6.35 Å². The Morgan fingerprint density at radius 2 is 2.08 bits per heavy atom. The zero-order chi connectivity index (χ0) is 18.7. The topological polar surface area (TPSA) is 84.8 Å². The van der Waals surface area contributed by atoms with Gasteiger partial charge in [-0.2, -0.15) is 0 Å². The third-order valence-corrected chi connectivity index (χ3v) is 4.63. The highest BCUT2D eigenvalue weighted by Crippen LogP contribution is 2.20. The fourth-order valence-electron chi connectivity index (χ4n) is 2.35. The fraction of sp³-hybridized carbons (Fsp3) is 0.389. The molecular formula is C18H22N4O3S. The molecule has 0 radical (unpaired) electrons. The molecule has 26 heavy (non-hydrogen) atoms. The molecule has 2 N–H and O–H groups in total. The van der Waals surface area contributed by atoms with Crippen LogP contribution in [0.3, 0.4) is 0 Å². The Kier molecular flexibility index (Phi) is 5.41. The van der Waals surface area contributed by atoms with Gasteiger partial charge in [-0.3, -0.25) is 15.5 Å². The molecule has 3 rings (SSSR count). The predicted octanol–water partition coefficient (Wildman–Crippen LogP) is 2.79. The Morgan fingerprint density at radius 3 is 2.69 bits per heavy atom. The van der Waals surface area contributed by atoms with Crippen molar-refractivity contribution in [3.63, 3.8) is 0 Å². The molecule has 7 nitrogen and oxygen atoms in total. The van der Waals surface area contributed by atoms with Gasteiger partial charge in [-0.1, -0.05) is 13.8 Å². The first-order chi connectivity index (χ1) is 12.4. The van der Waals surface area contributed by atoms with Gasteiger partial charge >= 0.3 is 0 Å². The molecule has 1 atom stereocenters. The van der Waals surface area contributed by atoms with Crippen LogP contribution in [0, 0.1) is 19.8 Å². The van der Waals surface area contributed by atoms with E-state index in [1.807, 2.05) is 13.8 Å². The molecule has 0 fully saturated rings. The maximum atomic E-state index is 12.4. The average molecular weight is 374 g/mol. The molecule has 2 aromatic rings. The molecule has 1 aliphatic rings. The number of aryl methyl sites for hydroxylation is 2. The van der Waals surface area contributed by atoms with Crippen LogP contribution in [0.5, 0.6) is 5.75 Å². The first-order valence-corrected chi connectivity index (χ1v) is 9.22. The summed E-state index contributed by atoms with van der Waals surface area (Å²) in [6.45, 7) is 8.64. The average Bonchev–Trinajstić information content (AvgIpc) is 3.19. The summed E-state index contributed by atoms with van der Waals surface area (Å²) in [7, 11) is 0. The van der Waals surface area contributed by atoms with Crippen molar-refractivity contribution in [2.75, 3.05) is 6.61 Å². The van der Waals surface area contributed by atoms with Gasteiger partial charge in [0.1, 0.15) is 10.6 Å². The van der Waals surface area contributed by atoms with E-state index in [0.29, 0.717) is 24.0 Å². The quantitative estimate of drug-likeness (QED) is 0.812. The molecular weight excluding hydrogens is 352 g/mol. The van der Waals surface area contributed by atoms with Crippen LogP contribution in [0.1, 0.15) is 39.8 Å². The van der Waals surface area contributed by atoms with Crippen molar-refractivity contribution in [3.8, 4) is 5.75 Å². The van der Waals surface area contributed by atoms with Crippen LogP contribution >= 0.6 is 11.3 Å². The monoisotopic (exact) mass is 374 g/mol. The maximum absolute atomic E-state index is 12.4. The van der Waals surface area contributed by atoms with Gasteiger partial charge in [-0.15, -0.1) is 16.4 Å². The first-order valence-electron chi connectivity index (χ1n) is 8.40. The molecule has 0 saturated carbocycles. The van der Waals surface area contributed by atoms with E-state index in [-0.39, 0.29) is 5.91 Å². The second-order valence-electron chi connectivity index (χ2n) is 6.39. The summed E-state index contributed by atoms with van der Waals surface area (Å²) < 4.78 is 11.3. The Hall–Kier alpha value is -2.61. The van der Waals surface area contributed by atoms with Crippen LogP contribution in [0.4, 0.5) is 0 Å². The lowest BCUT2D eigenvalue weighted by atomic mass is 10.2. The van der Waals surface area contributed by atoms with Gasteiger partial charge in [0.2, 0.25) is 0 Å². The number of benzene rings is 1. The van der Waals surface area contributed by atoms with E-state index in [1.54, 1.807) is 24.3 Å². The Labute approximate surface area is 156 Å². The van der Waals surface area contributed by atoms with Crippen molar-refractivity contribution in [1.29, 1.82) is 0 Å². The van der Waals surface area contributed by atoms with E-state index in [4.69, 9.17) is 9.47 Å². The molecule has 1 unspecified atom stereocenters. The number of thiazole rings is 1. The fourth-order valence-corrected chi connectivity index (χ4v) is 3.20. The minimum atomic E-state index is -0.712. The van der Waals surface area contributed by atoms with Crippen molar-refractivity contribution >= 4 is 23.1 Å². The molecule has 138 valence electrons. The van der Waals surface area contributed by atoms with Crippen LogP contribution in [0.25, 0.3) is 0 Å². The van der Waals surface area contributed by atoms with E-state index in [2.05, 4.69) is 34.7 Å². The van der Waals surface area contributed by atoms with Crippen molar-refractivity contribution in [2.45, 2.75) is 34.0 Å². The minimum absolute atomic E-state index is 0.258. The van der Waals surface area contributed by atoms with Crippen LogP contribution in [-0.2, 0) is 4.74 Å². The summed E-state index contributed by atoms with van der Waals surface area (Å²) in [5.41, 5.74) is 4.15. The smallest absolute Gasteiger partial charge is 0.267 e. The molecule has 1 aromatic heterocycles. The Balaban J connectivity index is 1.55. The van der Waals surface area contributed by atoms with Crippen molar-refractivity contribution in [2.24, 2.45) is 11.0 Å². The number of carbonyl (C=O) groups excluding carboxylic acids is 1. The molecule has 1 aromatic carbocycles. The van der Waals surface area contributed by atoms with Gasteiger partial charge in [-0.25, -0.2) is 4.98 Å². The summed E-state index contributed by atoms with van der Waals surface area (Å²) in [5, 5.41) is 7.83. The summed E-state index contributed by atoms with van der Waals surface area (Å²) in [6.07, 6.45) is -0.712. The van der Waals surface area contributed by atoms with E-state index in [0.717, 1.165) is 21.3 Å². The van der Waals surface area contributed by atoms with Gasteiger partial charge in [0, 0.05) is 5.56 Å². The number of nitrogens with zero attached hydrogens (tertiary/aromatic N) is 2. The number of amides is 1. The van der Waals surface area contributed by atoms with Gasteiger partial charge in [0.15, 0.2) is 0 Å². The molecule has 1 amide bonds. The van der Waals surface area contributed by atoms with E-state index >= 15 is 0 Å². The summed E-state index contributed by atoms with van der Waals surface area (Å²) in [4.78, 5) is 17.6. The second kappa shape index (κ2) is 7.74. The number of ether oxygens (including phenoxy) is 2. The Morgan fingerprint density at radius 1 is 1.35 bits per heavy atom. The van der Waals surface area contributed by atoms with Gasteiger partial charge in [-0.05, 0) is 44.0 Å². The lowest BCUT2D eigenvalue weighted by Gasteiger charge is -2.13. The normalized spacial score (nSPS) is 16.0. The standard InChI is InChI=1S/C18H22N4O3S/c1-10(2)9-24-14-7-5-13(6-8-14)16(23)20-18-22-21-17(25-18)15-11(3)19-12(4)26-15/h5-8,10,18,22H,9H2,1-4H3,(H,20,23). The van der Waals surface area contributed by atoms with Crippen LogP contribution in [0.15, 0.2) is 29.4 Å². The Bertz CT molecular complexity index is 814. The van der Waals surface area contributed by atoms with E-state index in [9.17, 15) is 4.79 Å². The number of hydrogen-bond donors (Lipinski definition) is 2. The third-order valence-electron chi connectivity index (χ3n) is 3.57. The number of aromatic nitrogens is 1. The second-order valence-corrected chi connectivity index (χ2v) is 7.60. The zero-order valence-electron chi connectivity index (χ0n) is 15.2. The third kappa shape index (κ3) is 4.32. The van der Waals surface area contributed by atoms with Gasteiger partial charge in [0.25, 0.3) is 18.2 Å². The zero-order valence-corrected chi connectivity index (χ0v) is 16.0. The minimum Gasteiger partial charge on any atom is -0.493 e. The number of hydrazone groups is 1. The maximum Gasteiger partial charge on any atom is 0.267 e. The molecule has 2 heterocycles.